The molecule has 15 nitrogen and oxygen atoms in total. The number of aliphatic hydroxyl groups excluding tert-OH is 1. The molecule has 0 radical (unpaired) electrons. The number of nitrogens with one attached hydrogen (secondary N) is 1. The highest BCUT2D eigenvalue weighted by Crippen LogP contribution is 2.47. The first-order valence-corrected chi connectivity index (χ1v) is 23.3. The second kappa shape index (κ2) is 20.2. The van der Waals surface area contributed by atoms with Crippen LogP contribution >= 0.6 is 0 Å². The molecule has 19 atom stereocenters. The van der Waals surface area contributed by atoms with Gasteiger partial charge in [0.25, 0.3) is 0 Å². The summed E-state index contributed by atoms with van der Waals surface area (Å²) in [6, 6.07) is -0.314. The predicted octanol–water partition coefficient (Wildman–Crippen LogP) is 5.13. The minimum absolute atomic E-state index is 0.0266. The molecule has 0 aromatic rings. The van der Waals surface area contributed by atoms with E-state index in [-0.39, 0.29) is 61.0 Å². The molecular weight excluding hydrogens is 827 g/mol. The lowest BCUT2D eigenvalue weighted by atomic mass is 9.71. The van der Waals surface area contributed by atoms with Gasteiger partial charge in [0, 0.05) is 58.7 Å². The van der Waals surface area contributed by atoms with E-state index in [0.29, 0.717) is 36.8 Å². The number of amides is 1. The monoisotopic (exact) mass is 900 g/mol. The van der Waals surface area contributed by atoms with E-state index < -0.39 is 84.7 Å². The Hall–Kier alpha value is -2.80. The van der Waals surface area contributed by atoms with Crippen LogP contribution < -0.4 is 5.32 Å². The minimum Gasteiger partial charge on any atom is -0.462 e. The highest BCUT2D eigenvalue weighted by atomic mass is 16.7. The molecule has 7 rings (SSSR count). The normalized spacial score (nSPS) is 46.6. The molecule has 1 amide bonds. The van der Waals surface area contributed by atoms with Crippen molar-refractivity contribution in [2.24, 2.45) is 23.7 Å². The van der Waals surface area contributed by atoms with E-state index in [1.807, 2.05) is 39.0 Å². The van der Waals surface area contributed by atoms with Gasteiger partial charge in [-0.05, 0) is 62.8 Å². The third-order valence-electron chi connectivity index (χ3n) is 14.4. The number of carbonyl (C=O) groups is 2. The number of hydrogen-bond donors (Lipinski definition) is 3. The third-order valence-corrected chi connectivity index (χ3v) is 14.4. The fourth-order valence-corrected chi connectivity index (χ4v) is 10.9. The van der Waals surface area contributed by atoms with Crippen molar-refractivity contribution in [2.75, 3.05) is 20.8 Å². The van der Waals surface area contributed by atoms with Gasteiger partial charge in [0.1, 0.15) is 35.9 Å². The highest BCUT2D eigenvalue weighted by Gasteiger charge is 2.60. The van der Waals surface area contributed by atoms with E-state index in [4.69, 9.17) is 47.4 Å². The number of allylic oxidation sites excluding steroid dienone is 2. The van der Waals surface area contributed by atoms with Crippen molar-refractivity contribution in [3.8, 4) is 0 Å². The number of ether oxygens (including phenoxy) is 10. The fourth-order valence-electron chi connectivity index (χ4n) is 10.9. The standard InChI is InChI=1S/C49H73NO14/c1-25(2)43-28(5)17-18-48(64-43)23-35-20-34(63-48)16-15-27(4)44(26(3)13-12-14-33-24-57-46-42(52)29(6)19-36(47(53)60-35)49(33,46)54)61-40-22-38(56-11)45(31(8)59-40)62-39-21-37(55-10)41(30(7)58-39)50-32(9)51/h12-15,17-19,25-26,28,30-31,34-46,52,54H,16,20-24H2,1-11H3,(H,50,51)/b13-12-,27-15-,33-14?. The lowest BCUT2D eigenvalue weighted by molar-refractivity contribution is -0.311. The van der Waals surface area contributed by atoms with Gasteiger partial charge in [-0.3, -0.25) is 9.59 Å². The molecule has 1 aliphatic carbocycles. The number of carbonyl (C=O) groups excluding carboxylic acids is 2. The van der Waals surface area contributed by atoms with E-state index in [1.165, 1.54) is 6.92 Å². The lowest BCUT2D eigenvalue weighted by Gasteiger charge is -2.48. The molecule has 3 N–H and O–H groups in total. The first kappa shape index (κ1) is 49.1. The zero-order chi connectivity index (χ0) is 46.2. The van der Waals surface area contributed by atoms with Crippen LogP contribution in [0.1, 0.15) is 94.4 Å². The summed E-state index contributed by atoms with van der Waals surface area (Å²) in [6.45, 7) is 17.5. The van der Waals surface area contributed by atoms with E-state index in [1.54, 1.807) is 33.3 Å². The molecule has 6 heterocycles. The number of hydrogen-bond acceptors (Lipinski definition) is 14. The average molecular weight is 900 g/mol. The molecule has 358 valence electrons. The van der Waals surface area contributed by atoms with Crippen molar-refractivity contribution < 1.29 is 67.2 Å². The van der Waals surface area contributed by atoms with Gasteiger partial charge < -0.3 is 62.9 Å². The Morgan fingerprint density at radius 1 is 0.906 bits per heavy atom. The summed E-state index contributed by atoms with van der Waals surface area (Å²) in [4.78, 5) is 26.2. The van der Waals surface area contributed by atoms with Crippen LogP contribution in [0.3, 0.4) is 0 Å². The third kappa shape index (κ3) is 10.2. The fraction of sp³-hybridized carbons (Fsp3) is 0.755. The van der Waals surface area contributed by atoms with Gasteiger partial charge in [-0.1, -0.05) is 64.2 Å². The molecule has 2 bridgehead atoms. The highest BCUT2D eigenvalue weighted by molar-refractivity contribution is 5.78. The summed E-state index contributed by atoms with van der Waals surface area (Å²) in [5.74, 6) is -2.81. The van der Waals surface area contributed by atoms with Crippen LogP contribution in [0.5, 0.6) is 0 Å². The Morgan fingerprint density at radius 2 is 1.61 bits per heavy atom. The maximum atomic E-state index is 14.3. The van der Waals surface area contributed by atoms with E-state index in [0.717, 1.165) is 5.57 Å². The van der Waals surface area contributed by atoms with Crippen molar-refractivity contribution in [1.29, 1.82) is 0 Å². The number of aliphatic hydroxyl groups is 2. The van der Waals surface area contributed by atoms with Gasteiger partial charge >= 0.3 is 5.97 Å². The topological polar surface area (TPSA) is 179 Å². The maximum Gasteiger partial charge on any atom is 0.316 e. The molecule has 19 unspecified atom stereocenters. The van der Waals surface area contributed by atoms with Crippen molar-refractivity contribution in [3.05, 3.63) is 59.3 Å². The van der Waals surface area contributed by atoms with Crippen LogP contribution in [-0.4, -0.2) is 140 Å². The van der Waals surface area contributed by atoms with E-state index >= 15 is 0 Å². The van der Waals surface area contributed by atoms with Crippen molar-refractivity contribution >= 4 is 11.9 Å². The Morgan fingerprint density at radius 3 is 2.31 bits per heavy atom. The molecule has 4 saturated heterocycles. The second-order valence-electron chi connectivity index (χ2n) is 19.5. The number of fused-ring (bicyclic) bond motifs is 2. The van der Waals surface area contributed by atoms with Crippen LogP contribution in [0.2, 0.25) is 0 Å². The van der Waals surface area contributed by atoms with Gasteiger partial charge in [0.15, 0.2) is 18.4 Å². The summed E-state index contributed by atoms with van der Waals surface area (Å²) < 4.78 is 64.2. The maximum absolute atomic E-state index is 14.3. The molecule has 0 aromatic heterocycles. The number of rotatable bonds is 8. The van der Waals surface area contributed by atoms with Gasteiger partial charge in [-0.2, -0.15) is 0 Å². The lowest BCUT2D eigenvalue weighted by Crippen LogP contribution is -2.58. The van der Waals surface area contributed by atoms with Crippen molar-refractivity contribution in [1.82, 2.24) is 5.32 Å². The molecule has 15 heteroatoms. The Kier molecular flexibility index (Phi) is 15.5. The Labute approximate surface area is 378 Å². The van der Waals surface area contributed by atoms with E-state index in [2.05, 4.69) is 45.2 Å². The molecule has 1 spiro atoms. The molecule has 7 aliphatic rings. The van der Waals surface area contributed by atoms with Gasteiger partial charge in [0.2, 0.25) is 5.91 Å². The summed E-state index contributed by atoms with van der Waals surface area (Å²) in [6.07, 6.45) is 8.46. The zero-order valence-electron chi connectivity index (χ0n) is 39.5. The quantitative estimate of drug-likeness (QED) is 0.216. The van der Waals surface area contributed by atoms with Crippen LogP contribution in [0.15, 0.2) is 59.3 Å². The molecule has 0 aromatic carbocycles. The minimum atomic E-state index is -1.84. The smallest absolute Gasteiger partial charge is 0.316 e. The number of esters is 1. The average Bonchev–Trinajstić information content (AvgIpc) is 3.58. The van der Waals surface area contributed by atoms with Crippen molar-refractivity contribution in [3.63, 3.8) is 0 Å². The number of methoxy groups -OCH3 is 2. The van der Waals surface area contributed by atoms with Crippen LogP contribution in [0.4, 0.5) is 0 Å². The van der Waals surface area contributed by atoms with Crippen LogP contribution in [0.25, 0.3) is 0 Å². The first-order valence-electron chi connectivity index (χ1n) is 23.3. The molecular formula is C49H73NO14. The largest absolute Gasteiger partial charge is 0.462 e. The first-order chi connectivity index (χ1) is 30.4. The van der Waals surface area contributed by atoms with Crippen molar-refractivity contribution in [2.45, 2.75) is 192 Å². The SMILES string of the molecule is COC1CC(OC2C(C)OC(OC3/C(C)=C\CC4CC(CC5(C=CC(C)C(C(C)C)O5)O4)OC(=O)C4C=C(C)C(O)C5OCC(=C/C=C\C3C)C45O)CC2OC)OC(C)C1NC(C)=O. The van der Waals surface area contributed by atoms with Crippen LogP contribution in [0, 0.1) is 23.7 Å². The summed E-state index contributed by atoms with van der Waals surface area (Å²) in [7, 11) is 3.27. The summed E-state index contributed by atoms with van der Waals surface area (Å²) in [5, 5.41) is 26.7. The predicted molar refractivity (Wildman–Crippen MR) is 234 cm³/mol. The molecule has 0 saturated carbocycles. The molecule has 6 aliphatic heterocycles. The Bertz CT molecular complexity index is 1830. The van der Waals surface area contributed by atoms with Gasteiger partial charge in [-0.15, -0.1) is 0 Å². The van der Waals surface area contributed by atoms with Gasteiger partial charge in [0.05, 0.1) is 55.4 Å². The van der Waals surface area contributed by atoms with Crippen LogP contribution in [-0.2, 0) is 57.0 Å². The Balaban J connectivity index is 1.16. The van der Waals surface area contributed by atoms with Gasteiger partial charge in [-0.25, -0.2) is 0 Å². The molecule has 64 heavy (non-hydrogen) atoms. The zero-order valence-corrected chi connectivity index (χ0v) is 39.5. The second-order valence-corrected chi connectivity index (χ2v) is 19.5. The summed E-state index contributed by atoms with van der Waals surface area (Å²) >= 11 is 0. The van der Waals surface area contributed by atoms with E-state index in [9.17, 15) is 19.8 Å². The molecule has 4 fully saturated rings. The summed E-state index contributed by atoms with van der Waals surface area (Å²) in [5.41, 5.74) is 0.112.